The lowest BCUT2D eigenvalue weighted by molar-refractivity contribution is 0.214. The predicted molar refractivity (Wildman–Crippen MR) is 84.2 cm³/mol. The van der Waals surface area contributed by atoms with Crippen molar-refractivity contribution >= 4 is 38.6 Å². The molecule has 2 heterocycles. The SMILES string of the molecule is CC(N)C(c1ccc(Br)s1)N(C)Cc1ccsc1. The molecule has 2 rings (SSSR count). The Morgan fingerprint density at radius 2 is 2.17 bits per heavy atom. The molecule has 2 aromatic heterocycles. The molecule has 2 N–H and O–H groups in total. The molecule has 0 radical (unpaired) electrons. The fraction of sp³-hybridized carbons (Fsp3) is 0.385. The quantitative estimate of drug-likeness (QED) is 0.884. The lowest BCUT2D eigenvalue weighted by Crippen LogP contribution is -2.36. The van der Waals surface area contributed by atoms with Gasteiger partial charge in [-0.25, -0.2) is 0 Å². The Bertz CT molecular complexity index is 479. The van der Waals surface area contributed by atoms with Gasteiger partial charge in [0.25, 0.3) is 0 Å². The highest BCUT2D eigenvalue weighted by Gasteiger charge is 2.22. The van der Waals surface area contributed by atoms with Gasteiger partial charge in [0.15, 0.2) is 0 Å². The van der Waals surface area contributed by atoms with Crippen molar-refractivity contribution < 1.29 is 0 Å². The first-order valence-electron chi connectivity index (χ1n) is 5.80. The zero-order valence-corrected chi connectivity index (χ0v) is 13.7. The third-order valence-electron chi connectivity index (χ3n) is 2.87. The first kappa shape index (κ1) is 14.2. The fourth-order valence-electron chi connectivity index (χ4n) is 2.13. The van der Waals surface area contributed by atoms with Crippen molar-refractivity contribution in [1.82, 2.24) is 4.90 Å². The minimum atomic E-state index is 0.110. The molecule has 0 saturated heterocycles. The maximum absolute atomic E-state index is 6.16. The highest BCUT2D eigenvalue weighted by Crippen LogP contribution is 2.32. The maximum atomic E-state index is 6.16. The minimum absolute atomic E-state index is 0.110. The van der Waals surface area contributed by atoms with Crippen LogP contribution in [-0.2, 0) is 6.54 Å². The summed E-state index contributed by atoms with van der Waals surface area (Å²) in [7, 11) is 2.14. The maximum Gasteiger partial charge on any atom is 0.0702 e. The Balaban J connectivity index is 2.15. The molecule has 0 spiro atoms. The molecule has 5 heteroatoms. The lowest BCUT2D eigenvalue weighted by Gasteiger charge is -2.30. The van der Waals surface area contributed by atoms with E-state index in [2.05, 4.69) is 63.8 Å². The number of nitrogens with two attached hydrogens (primary N) is 1. The second kappa shape index (κ2) is 6.30. The summed E-state index contributed by atoms with van der Waals surface area (Å²) in [6.45, 7) is 3.01. The van der Waals surface area contributed by atoms with E-state index < -0.39 is 0 Å². The van der Waals surface area contributed by atoms with Gasteiger partial charge in [-0.1, -0.05) is 0 Å². The molecule has 18 heavy (non-hydrogen) atoms. The zero-order chi connectivity index (χ0) is 13.1. The summed E-state index contributed by atoms with van der Waals surface area (Å²) < 4.78 is 1.16. The molecule has 2 unspecified atom stereocenters. The molecule has 98 valence electrons. The molecule has 0 aliphatic carbocycles. The summed E-state index contributed by atoms with van der Waals surface area (Å²) in [4.78, 5) is 3.64. The molecule has 0 aliphatic heterocycles. The van der Waals surface area contributed by atoms with Crippen molar-refractivity contribution in [3.05, 3.63) is 43.2 Å². The van der Waals surface area contributed by atoms with Crippen molar-refractivity contribution in [3.63, 3.8) is 0 Å². The zero-order valence-electron chi connectivity index (χ0n) is 10.5. The van der Waals surface area contributed by atoms with Crippen LogP contribution < -0.4 is 5.73 Å². The van der Waals surface area contributed by atoms with E-state index in [1.807, 2.05) is 0 Å². The summed E-state index contributed by atoms with van der Waals surface area (Å²) >= 11 is 7.02. The summed E-state index contributed by atoms with van der Waals surface area (Å²) in [5, 5.41) is 4.31. The molecule has 0 bridgehead atoms. The van der Waals surface area contributed by atoms with Gasteiger partial charge in [0, 0.05) is 17.5 Å². The van der Waals surface area contributed by atoms with E-state index >= 15 is 0 Å². The van der Waals surface area contributed by atoms with Crippen LogP contribution in [0.15, 0.2) is 32.7 Å². The van der Waals surface area contributed by atoms with E-state index in [9.17, 15) is 0 Å². The van der Waals surface area contributed by atoms with Crippen LogP contribution in [0.2, 0.25) is 0 Å². The van der Waals surface area contributed by atoms with Crippen LogP contribution in [0.3, 0.4) is 0 Å². The van der Waals surface area contributed by atoms with E-state index in [4.69, 9.17) is 5.73 Å². The van der Waals surface area contributed by atoms with Crippen LogP contribution in [0.4, 0.5) is 0 Å². The summed E-state index contributed by atoms with van der Waals surface area (Å²) in [6, 6.07) is 6.80. The first-order chi connectivity index (χ1) is 8.58. The Labute approximate surface area is 125 Å². The standard InChI is InChI=1S/C13H17BrN2S2/c1-9(15)13(11-3-4-12(14)18-11)16(2)7-10-5-6-17-8-10/h3-6,8-9,13H,7,15H2,1-2H3. The highest BCUT2D eigenvalue weighted by molar-refractivity contribution is 9.11. The number of hydrogen-bond donors (Lipinski definition) is 1. The lowest BCUT2D eigenvalue weighted by atomic mass is 10.1. The van der Waals surface area contributed by atoms with Crippen LogP contribution in [0.25, 0.3) is 0 Å². The molecular weight excluding hydrogens is 328 g/mol. The molecular formula is C13H17BrN2S2. The van der Waals surface area contributed by atoms with Crippen molar-refractivity contribution in [1.29, 1.82) is 0 Å². The topological polar surface area (TPSA) is 29.3 Å². The van der Waals surface area contributed by atoms with Gasteiger partial charge in [-0.15, -0.1) is 11.3 Å². The smallest absolute Gasteiger partial charge is 0.0702 e. The number of halogens is 1. The second-order valence-corrected chi connectivity index (χ2v) is 7.77. The van der Waals surface area contributed by atoms with Crippen LogP contribution >= 0.6 is 38.6 Å². The van der Waals surface area contributed by atoms with Gasteiger partial charge in [0.1, 0.15) is 0 Å². The van der Waals surface area contributed by atoms with E-state index in [1.54, 1.807) is 22.7 Å². The van der Waals surface area contributed by atoms with E-state index in [1.165, 1.54) is 10.4 Å². The van der Waals surface area contributed by atoms with Crippen molar-refractivity contribution in [2.75, 3.05) is 7.05 Å². The molecule has 2 aromatic rings. The minimum Gasteiger partial charge on any atom is -0.326 e. The van der Waals surface area contributed by atoms with Gasteiger partial charge in [-0.05, 0) is 64.4 Å². The fourth-order valence-corrected chi connectivity index (χ4v) is 4.50. The molecule has 0 amide bonds. The predicted octanol–water partition coefficient (Wildman–Crippen LogP) is 4.09. The Kier molecular flexibility index (Phi) is 4.98. The van der Waals surface area contributed by atoms with Crippen LogP contribution in [0.5, 0.6) is 0 Å². The third-order valence-corrected chi connectivity index (χ3v) is 5.30. The van der Waals surface area contributed by atoms with Crippen molar-refractivity contribution in [3.8, 4) is 0 Å². The van der Waals surface area contributed by atoms with Crippen LogP contribution in [-0.4, -0.2) is 18.0 Å². The van der Waals surface area contributed by atoms with Crippen LogP contribution in [0.1, 0.15) is 23.4 Å². The van der Waals surface area contributed by atoms with Gasteiger partial charge >= 0.3 is 0 Å². The monoisotopic (exact) mass is 344 g/mol. The molecule has 0 aliphatic rings. The number of thiophene rings is 2. The summed E-state index contributed by atoms with van der Waals surface area (Å²) in [5.41, 5.74) is 7.51. The molecule has 0 aromatic carbocycles. The van der Waals surface area contributed by atoms with Gasteiger partial charge in [0.05, 0.1) is 9.83 Å². The van der Waals surface area contributed by atoms with Crippen LogP contribution in [0, 0.1) is 0 Å². The number of hydrogen-bond acceptors (Lipinski definition) is 4. The highest BCUT2D eigenvalue weighted by atomic mass is 79.9. The van der Waals surface area contributed by atoms with Gasteiger partial charge in [-0.2, -0.15) is 11.3 Å². The first-order valence-corrected chi connectivity index (χ1v) is 8.35. The summed E-state index contributed by atoms with van der Waals surface area (Å²) in [5.74, 6) is 0. The number of likely N-dealkylation sites (N-methyl/N-ethyl adjacent to an activating group) is 1. The number of nitrogens with zero attached hydrogens (tertiary/aromatic N) is 1. The Morgan fingerprint density at radius 1 is 1.39 bits per heavy atom. The van der Waals surface area contributed by atoms with Gasteiger partial charge in [0.2, 0.25) is 0 Å². The molecule has 2 nitrogen and oxygen atoms in total. The molecule has 0 saturated carbocycles. The molecule has 2 atom stereocenters. The van der Waals surface area contributed by atoms with Gasteiger partial charge < -0.3 is 5.73 Å². The van der Waals surface area contributed by atoms with E-state index in [0.717, 1.165) is 10.3 Å². The van der Waals surface area contributed by atoms with Crippen molar-refractivity contribution in [2.45, 2.75) is 25.6 Å². The van der Waals surface area contributed by atoms with Gasteiger partial charge in [-0.3, -0.25) is 4.90 Å². The second-order valence-electron chi connectivity index (χ2n) is 4.49. The van der Waals surface area contributed by atoms with Crippen molar-refractivity contribution in [2.24, 2.45) is 5.73 Å². The summed E-state index contributed by atoms with van der Waals surface area (Å²) in [6.07, 6.45) is 0. The molecule has 0 fully saturated rings. The Hall–Kier alpha value is -0.200. The van der Waals surface area contributed by atoms with E-state index in [-0.39, 0.29) is 12.1 Å². The Morgan fingerprint density at radius 3 is 2.67 bits per heavy atom. The average Bonchev–Trinajstić information content (AvgIpc) is 2.90. The normalized spacial score (nSPS) is 14.9. The average molecular weight is 345 g/mol. The van der Waals surface area contributed by atoms with E-state index in [0.29, 0.717) is 0 Å². The third kappa shape index (κ3) is 3.42. The number of rotatable bonds is 5. The largest absolute Gasteiger partial charge is 0.326 e.